The highest BCUT2D eigenvalue weighted by atomic mass is 16.4. The first kappa shape index (κ1) is 19.0. The third-order valence-corrected chi connectivity index (χ3v) is 6.56. The fourth-order valence-electron chi connectivity index (χ4n) is 4.62. The summed E-state index contributed by atoms with van der Waals surface area (Å²) in [6.45, 7) is 3.85. The lowest BCUT2D eigenvalue weighted by Gasteiger charge is -2.26. The largest absolute Gasteiger partial charge is 0.438 e. The van der Waals surface area contributed by atoms with E-state index in [0.717, 1.165) is 66.2 Å². The number of anilines is 2. The average Bonchev–Trinajstić information content (AvgIpc) is 3.29. The highest BCUT2D eigenvalue weighted by Gasteiger charge is 2.35. The Morgan fingerprint density at radius 2 is 2.00 bits per heavy atom. The van der Waals surface area contributed by atoms with Gasteiger partial charge in [0.2, 0.25) is 0 Å². The molecular formula is C24H27N5O. The SMILES string of the molecule is Cc1c(-c2ccccc2N)c(N2CCC(N(C)C)C2)c2oc(C3CC3)nc2c1C#N. The van der Waals surface area contributed by atoms with E-state index < -0.39 is 0 Å². The van der Waals surface area contributed by atoms with Crippen LogP contribution in [-0.4, -0.2) is 43.1 Å². The molecule has 0 spiro atoms. The summed E-state index contributed by atoms with van der Waals surface area (Å²) in [5.74, 6) is 1.15. The lowest BCUT2D eigenvalue weighted by Crippen LogP contribution is -2.31. The van der Waals surface area contributed by atoms with Crippen LogP contribution in [0.2, 0.25) is 0 Å². The van der Waals surface area contributed by atoms with Gasteiger partial charge < -0.3 is 20.0 Å². The second kappa shape index (κ2) is 7.03. The number of nitrogens with two attached hydrogens (primary N) is 1. The minimum Gasteiger partial charge on any atom is -0.438 e. The first-order valence-electron chi connectivity index (χ1n) is 10.6. The zero-order valence-electron chi connectivity index (χ0n) is 17.8. The predicted octanol–water partition coefficient (Wildman–Crippen LogP) is 4.27. The van der Waals surface area contributed by atoms with Gasteiger partial charge in [0.1, 0.15) is 11.6 Å². The fourth-order valence-corrected chi connectivity index (χ4v) is 4.62. The van der Waals surface area contributed by atoms with Crippen molar-refractivity contribution in [3.63, 3.8) is 0 Å². The number of rotatable bonds is 4. The van der Waals surface area contributed by atoms with Gasteiger partial charge in [-0.2, -0.15) is 5.26 Å². The van der Waals surface area contributed by atoms with Crippen molar-refractivity contribution in [2.75, 3.05) is 37.8 Å². The van der Waals surface area contributed by atoms with Crippen molar-refractivity contribution in [3.8, 4) is 17.2 Å². The molecule has 1 aliphatic heterocycles. The molecule has 1 atom stereocenters. The number of aromatic nitrogens is 1. The monoisotopic (exact) mass is 401 g/mol. The smallest absolute Gasteiger partial charge is 0.198 e. The van der Waals surface area contributed by atoms with E-state index in [1.807, 2.05) is 31.2 Å². The first-order chi connectivity index (χ1) is 14.5. The zero-order chi connectivity index (χ0) is 21.0. The normalized spacial score (nSPS) is 19.0. The van der Waals surface area contributed by atoms with E-state index in [1.54, 1.807) is 0 Å². The van der Waals surface area contributed by atoms with E-state index in [1.165, 1.54) is 0 Å². The minimum absolute atomic E-state index is 0.385. The topological polar surface area (TPSA) is 82.3 Å². The summed E-state index contributed by atoms with van der Waals surface area (Å²) < 4.78 is 6.37. The molecule has 1 aliphatic carbocycles. The highest BCUT2D eigenvalue weighted by Crippen LogP contribution is 2.48. The molecule has 0 amide bonds. The van der Waals surface area contributed by atoms with Crippen molar-refractivity contribution >= 4 is 22.5 Å². The van der Waals surface area contributed by atoms with Crippen LogP contribution in [0.3, 0.4) is 0 Å². The van der Waals surface area contributed by atoms with Crippen LogP contribution in [0.15, 0.2) is 28.7 Å². The Balaban J connectivity index is 1.81. The molecule has 6 heteroatoms. The Labute approximate surface area is 176 Å². The van der Waals surface area contributed by atoms with Crippen LogP contribution in [0.1, 0.15) is 42.2 Å². The van der Waals surface area contributed by atoms with Crippen LogP contribution in [0.4, 0.5) is 11.4 Å². The number of oxazole rings is 1. The molecule has 6 nitrogen and oxygen atoms in total. The molecule has 30 heavy (non-hydrogen) atoms. The van der Waals surface area contributed by atoms with Gasteiger partial charge in [-0.1, -0.05) is 18.2 Å². The molecule has 1 saturated carbocycles. The van der Waals surface area contributed by atoms with Crippen molar-refractivity contribution in [2.24, 2.45) is 0 Å². The van der Waals surface area contributed by atoms with Gasteiger partial charge in [-0.05, 0) is 51.9 Å². The molecule has 1 aromatic heterocycles. The third kappa shape index (κ3) is 2.93. The number of likely N-dealkylation sites (N-methyl/N-ethyl adjacent to an activating group) is 1. The maximum atomic E-state index is 10.0. The van der Waals surface area contributed by atoms with E-state index in [9.17, 15) is 5.26 Å². The zero-order valence-corrected chi connectivity index (χ0v) is 17.8. The van der Waals surface area contributed by atoms with Crippen molar-refractivity contribution in [1.82, 2.24) is 9.88 Å². The summed E-state index contributed by atoms with van der Waals surface area (Å²) in [7, 11) is 4.26. The second-order valence-corrected chi connectivity index (χ2v) is 8.78. The quantitative estimate of drug-likeness (QED) is 0.657. The Morgan fingerprint density at radius 3 is 2.63 bits per heavy atom. The maximum absolute atomic E-state index is 10.0. The number of nitrogen functional groups attached to an aromatic ring is 1. The minimum atomic E-state index is 0.385. The molecule has 3 aromatic rings. The predicted molar refractivity (Wildman–Crippen MR) is 120 cm³/mol. The molecule has 154 valence electrons. The summed E-state index contributed by atoms with van der Waals surface area (Å²) in [4.78, 5) is 9.46. The number of fused-ring (bicyclic) bond motifs is 1. The Bertz CT molecular complexity index is 1170. The summed E-state index contributed by atoms with van der Waals surface area (Å²) in [6, 6.07) is 10.8. The van der Waals surface area contributed by atoms with Gasteiger partial charge in [-0.25, -0.2) is 4.98 Å². The number of nitriles is 1. The van der Waals surface area contributed by atoms with Crippen LogP contribution >= 0.6 is 0 Å². The lowest BCUT2D eigenvalue weighted by molar-refractivity contribution is 0.315. The summed E-state index contributed by atoms with van der Waals surface area (Å²) in [5, 5.41) is 10.0. The van der Waals surface area contributed by atoms with Gasteiger partial charge in [-0.3, -0.25) is 0 Å². The molecule has 5 rings (SSSR count). The molecule has 0 radical (unpaired) electrons. The van der Waals surface area contributed by atoms with Gasteiger partial charge >= 0.3 is 0 Å². The van der Waals surface area contributed by atoms with Crippen molar-refractivity contribution in [3.05, 3.63) is 41.3 Å². The van der Waals surface area contributed by atoms with Crippen molar-refractivity contribution in [1.29, 1.82) is 5.26 Å². The molecule has 2 heterocycles. The van der Waals surface area contributed by atoms with Gasteiger partial charge in [0.05, 0.1) is 11.3 Å². The van der Waals surface area contributed by atoms with Crippen molar-refractivity contribution < 1.29 is 4.42 Å². The number of para-hydroxylation sites is 1. The number of hydrogen-bond acceptors (Lipinski definition) is 6. The van der Waals surface area contributed by atoms with Crippen molar-refractivity contribution in [2.45, 2.75) is 38.1 Å². The molecule has 2 aromatic carbocycles. The van der Waals surface area contributed by atoms with Crippen LogP contribution in [0.25, 0.3) is 22.2 Å². The third-order valence-electron chi connectivity index (χ3n) is 6.56. The number of hydrogen-bond donors (Lipinski definition) is 1. The number of benzene rings is 2. The Hall–Kier alpha value is -3.04. The molecule has 2 N–H and O–H groups in total. The molecule has 2 fully saturated rings. The molecule has 2 aliphatic rings. The van der Waals surface area contributed by atoms with Crippen LogP contribution in [0, 0.1) is 18.3 Å². The lowest BCUT2D eigenvalue weighted by atomic mass is 9.92. The Morgan fingerprint density at radius 1 is 1.23 bits per heavy atom. The Kier molecular flexibility index (Phi) is 4.44. The second-order valence-electron chi connectivity index (χ2n) is 8.78. The fraction of sp³-hybridized carbons (Fsp3) is 0.417. The summed E-state index contributed by atoms with van der Waals surface area (Å²) in [5.41, 5.74) is 13.0. The summed E-state index contributed by atoms with van der Waals surface area (Å²) >= 11 is 0. The molecular weight excluding hydrogens is 374 g/mol. The van der Waals surface area contributed by atoms with E-state index >= 15 is 0 Å². The average molecular weight is 402 g/mol. The first-order valence-corrected chi connectivity index (χ1v) is 10.6. The van der Waals surface area contributed by atoms with Crippen LogP contribution in [0.5, 0.6) is 0 Å². The van der Waals surface area contributed by atoms with Crippen LogP contribution < -0.4 is 10.6 Å². The van der Waals surface area contributed by atoms with E-state index in [0.29, 0.717) is 28.7 Å². The highest BCUT2D eigenvalue weighted by molar-refractivity contribution is 6.04. The van der Waals surface area contributed by atoms with Gasteiger partial charge in [-0.15, -0.1) is 0 Å². The van der Waals surface area contributed by atoms with E-state index in [4.69, 9.17) is 15.1 Å². The standard InChI is InChI=1S/C24H27N5O/c1-14-18(12-25)21-23(30-24(27-21)15-8-9-15)22(29-11-10-16(13-29)28(2)3)20(14)17-6-4-5-7-19(17)26/h4-7,15-16H,8-11,13,26H2,1-3H3. The van der Waals surface area contributed by atoms with Gasteiger partial charge in [0.25, 0.3) is 0 Å². The molecule has 1 unspecified atom stereocenters. The van der Waals surface area contributed by atoms with E-state index in [-0.39, 0.29) is 0 Å². The van der Waals surface area contributed by atoms with Crippen LogP contribution in [-0.2, 0) is 0 Å². The van der Waals surface area contributed by atoms with E-state index in [2.05, 4.69) is 30.0 Å². The number of nitrogens with zero attached hydrogens (tertiary/aromatic N) is 4. The molecule has 0 bridgehead atoms. The summed E-state index contributed by atoms with van der Waals surface area (Å²) in [6.07, 6.45) is 3.29. The van der Waals surface area contributed by atoms with Gasteiger partial charge in [0, 0.05) is 41.9 Å². The molecule has 1 saturated heterocycles. The maximum Gasteiger partial charge on any atom is 0.198 e. The van der Waals surface area contributed by atoms with Gasteiger partial charge in [0.15, 0.2) is 11.5 Å².